The van der Waals surface area contributed by atoms with Crippen molar-refractivity contribution in [3.8, 4) is 5.75 Å². The van der Waals surface area contributed by atoms with Gasteiger partial charge in [-0.1, -0.05) is 77.6 Å². The van der Waals surface area contributed by atoms with Gasteiger partial charge in [0.2, 0.25) is 0 Å². The molecule has 0 aliphatic heterocycles. The third-order valence-electron chi connectivity index (χ3n) is 3.85. The average Bonchev–Trinajstić information content (AvgIpc) is 2.56. The van der Waals surface area contributed by atoms with Crippen LogP contribution in [0.5, 0.6) is 5.75 Å². The van der Waals surface area contributed by atoms with Crippen LogP contribution in [0.3, 0.4) is 0 Å². The van der Waals surface area contributed by atoms with Crippen molar-refractivity contribution in [1.29, 1.82) is 0 Å². The molecule has 2 nitrogen and oxygen atoms in total. The molecule has 0 heterocycles. The SMILES string of the molecule is C=C(C)c1cc(C(C)(C)C)cc(Cc2ccccc2)c1ON.CC. The van der Waals surface area contributed by atoms with Crippen molar-refractivity contribution < 1.29 is 4.84 Å². The van der Waals surface area contributed by atoms with E-state index in [1.807, 2.05) is 39.0 Å². The maximum Gasteiger partial charge on any atom is 0.157 e. The zero-order valence-corrected chi connectivity index (χ0v) is 15.9. The Labute approximate surface area is 147 Å². The molecular weight excluding hydrogens is 294 g/mol. The molecule has 0 saturated heterocycles. The molecule has 0 radical (unpaired) electrons. The molecular formula is C22H31NO. The molecule has 2 aromatic carbocycles. The minimum atomic E-state index is 0.0583. The van der Waals surface area contributed by atoms with Gasteiger partial charge < -0.3 is 4.84 Å². The molecule has 0 spiro atoms. The lowest BCUT2D eigenvalue weighted by Crippen LogP contribution is -2.15. The number of rotatable bonds is 4. The Morgan fingerprint density at radius 3 is 2.12 bits per heavy atom. The van der Waals surface area contributed by atoms with Gasteiger partial charge in [-0.25, -0.2) is 0 Å². The van der Waals surface area contributed by atoms with E-state index in [1.54, 1.807) is 0 Å². The first kappa shape index (κ1) is 20.0. The highest BCUT2D eigenvalue weighted by molar-refractivity contribution is 5.70. The summed E-state index contributed by atoms with van der Waals surface area (Å²) in [4.78, 5) is 5.22. The van der Waals surface area contributed by atoms with Crippen molar-refractivity contribution in [2.24, 2.45) is 5.90 Å². The van der Waals surface area contributed by atoms with E-state index in [-0.39, 0.29) is 5.41 Å². The van der Waals surface area contributed by atoms with Crippen molar-refractivity contribution in [1.82, 2.24) is 0 Å². The summed E-state index contributed by atoms with van der Waals surface area (Å²) in [5, 5.41) is 0. The molecule has 2 N–H and O–H groups in total. The average molecular weight is 325 g/mol. The van der Waals surface area contributed by atoms with Crippen LogP contribution in [0.4, 0.5) is 0 Å². The molecule has 0 aliphatic carbocycles. The largest absolute Gasteiger partial charge is 0.411 e. The van der Waals surface area contributed by atoms with E-state index in [4.69, 9.17) is 10.7 Å². The van der Waals surface area contributed by atoms with Crippen molar-refractivity contribution >= 4 is 5.57 Å². The molecule has 2 rings (SSSR count). The highest BCUT2D eigenvalue weighted by atomic mass is 16.6. The number of allylic oxidation sites excluding steroid dienone is 1. The lowest BCUT2D eigenvalue weighted by atomic mass is 9.83. The summed E-state index contributed by atoms with van der Waals surface area (Å²) in [6.45, 7) is 16.7. The Bertz CT molecular complexity index is 666. The van der Waals surface area contributed by atoms with E-state index < -0.39 is 0 Å². The summed E-state index contributed by atoms with van der Waals surface area (Å²) in [7, 11) is 0. The number of hydrogen-bond acceptors (Lipinski definition) is 2. The maximum atomic E-state index is 5.56. The van der Waals surface area contributed by atoms with Gasteiger partial charge in [0.1, 0.15) is 0 Å². The van der Waals surface area contributed by atoms with Gasteiger partial charge in [-0.15, -0.1) is 0 Å². The number of benzene rings is 2. The quantitative estimate of drug-likeness (QED) is 0.712. The van der Waals surface area contributed by atoms with Crippen molar-refractivity contribution in [2.75, 3.05) is 0 Å². The molecule has 24 heavy (non-hydrogen) atoms. The highest BCUT2D eigenvalue weighted by Crippen LogP contribution is 2.35. The van der Waals surface area contributed by atoms with Crippen LogP contribution in [0.1, 0.15) is 63.8 Å². The Hall–Kier alpha value is -2.06. The second kappa shape index (κ2) is 8.70. The first-order valence-corrected chi connectivity index (χ1v) is 8.57. The summed E-state index contributed by atoms with van der Waals surface area (Å²) < 4.78 is 0. The van der Waals surface area contributed by atoms with Crippen LogP contribution in [0, 0.1) is 0 Å². The predicted molar refractivity (Wildman–Crippen MR) is 105 cm³/mol. The van der Waals surface area contributed by atoms with E-state index >= 15 is 0 Å². The maximum absolute atomic E-state index is 5.56. The van der Waals surface area contributed by atoms with Crippen LogP contribution in [0.25, 0.3) is 5.57 Å². The Morgan fingerprint density at radius 2 is 1.67 bits per heavy atom. The van der Waals surface area contributed by atoms with E-state index in [0.29, 0.717) is 0 Å². The van der Waals surface area contributed by atoms with Crippen LogP contribution in [-0.4, -0.2) is 0 Å². The molecule has 0 fully saturated rings. The zero-order chi connectivity index (χ0) is 18.3. The Kier molecular flexibility index (Phi) is 7.24. The van der Waals surface area contributed by atoms with Gasteiger partial charge in [0.15, 0.2) is 5.75 Å². The Morgan fingerprint density at radius 1 is 1.08 bits per heavy atom. The molecule has 0 unspecified atom stereocenters. The van der Waals surface area contributed by atoms with Crippen LogP contribution in [-0.2, 0) is 11.8 Å². The standard InChI is InChI=1S/C20H25NO.C2H6/c1-14(2)18-13-17(20(3,4)5)12-16(19(18)22-21)11-15-9-7-6-8-10-15;1-2/h6-10,12-13H,1,11,21H2,2-5H3;1-2H3. The molecule has 2 aromatic rings. The third kappa shape index (κ3) is 4.97. The smallest absolute Gasteiger partial charge is 0.157 e. The van der Waals surface area contributed by atoms with Gasteiger partial charge in [0, 0.05) is 17.5 Å². The van der Waals surface area contributed by atoms with Crippen molar-refractivity contribution in [3.05, 3.63) is 71.3 Å². The molecule has 130 valence electrons. The van der Waals surface area contributed by atoms with Gasteiger partial charge in [-0.3, -0.25) is 0 Å². The topological polar surface area (TPSA) is 35.2 Å². The Balaban J connectivity index is 0.00000139. The van der Waals surface area contributed by atoms with Crippen LogP contribution < -0.4 is 10.7 Å². The zero-order valence-electron chi connectivity index (χ0n) is 15.9. The first-order chi connectivity index (χ1) is 11.3. The molecule has 0 bridgehead atoms. The van der Waals surface area contributed by atoms with Crippen LogP contribution >= 0.6 is 0 Å². The first-order valence-electron chi connectivity index (χ1n) is 8.57. The van der Waals surface area contributed by atoms with E-state index in [2.05, 4.69) is 51.6 Å². The monoisotopic (exact) mass is 325 g/mol. The van der Waals surface area contributed by atoms with Gasteiger partial charge in [0.05, 0.1) is 0 Å². The fourth-order valence-electron chi connectivity index (χ4n) is 2.53. The second-order valence-electron chi connectivity index (χ2n) is 6.82. The molecule has 2 heteroatoms. The summed E-state index contributed by atoms with van der Waals surface area (Å²) in [6.07, 6.45) is 0.789. The normalized spacial score (nSPS) is 10.6. The fraction of sp³-hybridized carbons (Fsp3) is 0.364. The minimum absolute atomic E-state index is 0.0583. The molecule has 0 amide bonds. The fourth-order valence-corrected chi connectivity index (χ4v) is 2.53. The predicted octanol–water partition coefficient (Wildman–Crippen LogP) is 5.89. The minimum Gasteiger partial charge on any atom is -0.411 e. The van der Waals surface area contributed by atoms with Crippen LogP contribution in [0.15, 0.2) is 49.0 Å². The van der Waals surface area contributed by atoms with Crippen LogP contribution in [0.2, 0.25) is 0 Å². The van der Waals surface area contributed by atoms with Gasteiger partial charge in [-0.2, -0.15) is 5.90 Å². The molecule has 0 aromatic heterocycles. The lowest BCUT2D eigenvalue weighted by molar-refractivity contribution is 0.330. The summed E-state index contributed by atoms with van der Waals surface area (Å²) in [5.41, 5.74) is 5.60. The molecule has 0 aliphatic rings. The van der Waals surface area contributed by atoms with Gasteiger partial charge in [0.25, 0.3) is 0 Å². The number of hydrogen-bond donors (Lipinski definition) is 1. The highest BCUT2D eigenvalue weighted by Gasteiger charge is 2.20. The van der Waals surface area contributed by atoms with Gasteiger partial charge >= 0.3 is 0 Å². The van der Waals surface area contributed by atoms with Crippen molar-refractivity contribution in [3.63, 3.8) is 0 Å². The summed E-state index contributed by atoms with van der Waals surface area (Å²) in [5.74, 6) is 6.29. The second-order valence-corrected chi connectivity index (χ2v) is 6.82. The van der Waals surface area contributed by atoms with Gasteiger partial charge in [-0.05, 0) is 35.1 Å². The van der Waals surface area contributed by atoms with Crippen molar-refractivity contribution in [2.45, 2.75) is 53.4 Å². The summed E-state index contributed by atoms with van der Waals surface area (Å²) >= 11 is 0. The third-order valence-corrected chi connectivity index (χ3v) is 3.85. The number of nitrogens with two attached hydrogens (primary N) is 1. The lowest BCUT2D eigenvalue weighted by Gasteiger charge is -2.23. The van der Waals surface area contributed by atoms with E-state index in [9.17, 15) is 0 Å². The molecule has 0 saturated carbocycles. The summed E-state index contributed by atoms with van der Waals surface area (Å²) in [6, 6.07) is 14.7. The van der Waals surface area contributed by atoms with E-state index in [1.165, 1.54) is 11.1 Å². The molecule has 0 atom stereocenters. The van der Waals surface area contributed by atoms with E-state index in [0.717, 1.165) is 28.9 Å².